The number of benzene rings is 2. The van der Waals surface area contributed by atoms with Crippen LogP contribution in [0.2, 0.25) is 0 Å². The van der Waals surface area contributed by atoms with Gasteiger partial charge >= 0.3 is 0 Å². The maximum absolute atomic E-state index is 13.6. The van der Waals surface area contributed by atoms with Gasteiger partial charge in [0.1, 0.15) is 15.7 Å². The predicted octanol–water partition coefficient (Wildman–Crippen LogP) is 4.77. The number of carbonyl (C=O) groups is 1. The Labute approximate surface area is 167 Å². The molecule has 1 unspecified atom stereocenters. The van der Waals surface area contributed by atoms with E-state index in [0.717, 1.165) is 35.6 Å². The van der Waals surface area contributed by atoms with Crippen molar-refractivity contribution < 1.29 is 13.9 Å². The van der Waals surface area contributed by atoms with E-state index in [2.05, 4.69) is 4.98 Å². The van der Waals surface area contributed by atoms with Crippen LogP contribution in [-0.4, -0.2) is 35.0 Å². The fraction of sp³-hybridized carbons (Fsp3) is 0.273. The topological polar surface area (TPSA) is 42.4 Å². The summed E-state index contributed by atoms with van der Waals surface area (Å²) in [5.74, 6) is -0.398. The Morgan fingerprint density at radius 3 is 2.82 bits per heavy atom. The molecule has 2 aromatic carbocycles. The van der Waals surface area contributed by atoms with Gasteiger partial charge in [0.15, 0.2) is 0 Å². The molecule has 1 aliphatic heterocycles. The first-order chi connectivity index (χ1) is 13.7. The zero-order valence-corrected chi connectivity index (χ0v) is 16.2. The van der Waals surface area contributed by atoms with Gasteiger partial charge < -0.3 is 9.64 Å². The van der Waals surface area contributed by atoms with Crippen LogP contribution in [0.3, 0.4) is 0 Å². The second-order valence-electron chi connectivity index (χ2n) is 6.85. The van der Waals surface area contributed by atoms with E-state index in [0.29, 0.717) is 18.0 Å². The molecular weight excluding hydrogens is 375 g/mol. The van der Waals surface area contributed by atoms with Crippen LogP contribution in [0.15, 0.2) is 60.8 Å². The number of ether oxygens (including phenoxy) is 1. The van der Waals surface area contributed by atoms with Crippen molar-refractivity contribution in [2.24, 2.45) is 0 Å². The van der Waals surface area contributed by atoms with Crippen LogP contribution in [0.5, 0.6) is 0 Å². The minimum atomic E-state index is -0.300. The number of aromatic nitrogens is 1. The first-order valence-corrected chi connectivity index (χ1v) is 10.2. The Kier molecular flexibility index (Phi) is 5.78. The van der Waals surface area contributed by atoms with Gasteiger partial charge in [-0.05, 0) is 30.5 Å². The summed E-state index contributed by atoms with van der Waals surface area (Å²) in [4.78, 5) is 20.0. The van der Waals surface area contributed by atoms with E-state index in [1.165, 1.54) is 23.5 Å². The van der Waals surface area contributed by atoms with Gasteiger partial charge in [0, 0.05) is 25.3 Å². The molecule has 0 radical (unpaired) electrons. The van der Waals surface area contributed by atoms with Crippen LogP contribution in [0, 0.1) is 5.82 Å². The molecule has 4 rings (SSSR count). The third kappa shape index (κ3) is 4.46. The summed E-state index contributed by atoms with van der Waals surface area (Å²) in [6.07, 6.45) is 3.60. The number of hydrogen-bond donors (Lipinski definition) is 0. The maximum atomic E-state index is 13.6. The first kappa shape index (κ1) is 18.8. The number of thiazole rings is 1. The second-order valence-corrected chi connectivity index (χ2v) is 7.88. The number of carbonyl (C=O) groups excluding carboxylic acids is 1. The summed E-state index contributed by atoms with van der Waals surface area (Å²) in [6, 6.07) is 16.2. The van der Waals surface area contributed by atoms with Crippen LogP contribution in [-0.2, 0) is 11.3 Å². The van der Waals surface area contributed by atoms with E-state index in [-0.39, 0.29) is 17.8 Å². The highest BCUT2D eigenvalue weighted by Crippen LogP contribution is 2.27. The summed E-state index contributed by atoms with van der Waals surface area (Å²) < 4.78 is 19.3. The molecule has 1 saturated heterocycles. The molecule has 3 aromatic rings. The van der Waals surface area contributed by atoms with Crippen molar-refractivity contribution in [3.05, 3.63) is 77.1 Å². The molecule has 1 aromatic heterocycles. The van der Waals surface area contributed by atoms with Crippen LogP contribution in [0.25, 0.3) is 10.6 Å². The summed E-state index contributed by atoms with van der Waals surface area (Å²) in [5.41, 5.74) is 1.75. The zero-order chi connectivity index (χ0) is 19.3. The van der Waals surface area contributed by atoms with Gasteiger partial charge in [0.2, 0.25) is 0 Å². The van der Waals surface area contributed by atoms with E-state index in [1.807, 2.05) is 36.4 Å². The highest BCUT2D eigenvalue weighted by atomic mass is 32.1. The average molecular weight is 396 g/mol. The maximum Gasteiger partial charge on any atom is 0.265 e. The standard InChI is InChI=1S/C22H21FN2O2S/c23-18-9-4-6-16(12-18)14-25(15-19-10-5-11-27-19)22(26)20-13-24-21(28-20)17-7-2-1-3-8-17/h1-4,6-9,12-13,19H,5,10-11,14-15H2. The average Bonchev–Trinajstić information content (AvgIpc) is 3.40. The minimum absolute atomic E-state index is 0.0269. The zero-order valence-electron chi connectivity index (χ0n) is 15.4. The summed E-state index contributed by atoms with van der Waals surface area (Å²) >= 11 is 1.38. The molecular formula is C22H21FN2O2S. The molecule has 1 fully saturated rings. The second kappa shape index (κ2) is 8.63. The Morgan fingerprint density at radius 1 is 1.21 bits per heavy atom. The van der Waals surface area contributed by atoms with Crippen LogP contribution >= 0.6 is 11.3 Å². The highest BCUT2D eigenvalue weighted by molar-refractivity contribution is 7.16. The van der Waals surface area contributed by atoms with Crippen LogP contribution in [0.1, 0.15) is 28.1 Å². The van der Waals surface area contributed by atoms with Gasteiger partial charge in [-0.2, -0.15) is 0 Å². The van der Waals surface area contributed by atoms with Crippen molar-refractivity contribution in [1.29, 1.82) is 0 Å². The van der Waals surface area contributed by atoms with E-state index in [9.17, 15) is 9.18 Å². The molecule has 0 spiro atoms. The number of rotatable bonds is 6. The molecule has 0 bridgehead atoms. The SMILES string of the molecule is O=C(c1cnc(-c2ccccc2)s1)N(Cc1cccc(F)c1)CC1CCCO1. The smallest absolute Gasteiger partial charge is 0.265 e. The largest absolute Gasteiger partial charge is 0.376 e. The summed E-state index contributed by atoms with van der Waals surface area (Å²) in [5, 5.41) is 0.812. The van der Waals surface area contributed by atoms with Gasteiger partial charge in [-0.15, -0.1) is 11.3 Å². The van der Waals surface area contributed by atoms with Gasteiger partial charge in [-0.1, -0.05) is 42.5 Å². The molecule has 2 heterocycles. The number of amides is 1. The van der Waals surface area contributed by atoms with Crippen molar-refractivity contribution in [2.75, 3.05) is 13.2 Å². The molecule has 0 N–H and O–H groups in total. The number of hydrogen-bond acceptors (Lipinski definition) is 4. The number of nitrogens with zero attached hydrogens (tertiary/aromatic N) is 2. The molecule has 1 amide bonds. The van der Waals surface area contributed by atoms with Crippen molar-refractivity contribution >= 4 is 17.2 Å². The number of halogens is 1. The lowest BCUT2D eigenvalue weighted by Crippen LogP contribution is -2.36. The molecule has 0 saturated carbocycles. The van der Waals surface area contributed by atoms with Crippen LogP contribution in [0.4, 0.5) is 4.39 Å². The molecule has 4 nitrogen and oxygen atoms in total. The monoisotopic (exact) mass is 396 g/mol. The van der Waals surface area contributed by atoms with Gasteiger partial charge in [-0.3, -0.25) is 4.79 Å². The first-order valence-electron chi connectivity index (χ1n) is 9.35. The molecule has 6 heteroatoms. The van der Waals surface area contributed by atoms with E-state index < -0.39 is 0 Å². The van der Waals surface area contributed by atoms with E-state index in [1.54, 1.807) is 17.2 Å². The lowest BCUT2D eigenvalue weighted by molar-refractivity contribution is 0.0510. The molecule has 0 aliphatic carbocycles. The Balaban J connectivity index is 1.56. The Bertz CT molecular complexity index is 938. The van der Waals surface area contributed by atoms with Crippen LogP contribution < -0.4 is 0 Å². The lowest BCUT2D eigenvalue weighted by atomic mass is 10.1. The minimum Gasteiger partial charge on any atom is -0.376 e. The van der Waals surface area contributed by atoms with E-state index in [4.69, 9.17) is 4.74 Å². The van der Waals surface area contributed by atoms with Gasteiger partial charge in [-0.25, -0.2) is 9.37 Å². The fourth-order valence-corrected chi connectivity index (χ4v) is 4.24. The third-order valence-electron chi connectivity index (χ3n) is 4.73. The fourth-order valence-electron chi connectivity index (χ4n) is 3.35. The third-order valence-corrected chi connectivity index (χ3v) is 5.77. The Hall–Kier alpha value is -2.57. The van der Waals surface area contributed by atoms with Gasteiger partial charge in [0.25, 0.3) is 5.91 Å². The lowest BCUT2D eigenvalue weighted by Gasteiger charge is -2.25. The van der Waals surface area contributed by atoms with Crippen molar-refractivity contribution in [1.82, 2.24) is 9.88 Å². The highest BCUT2D eigenvalue weighted by Gasteiger charge is 2.25. The van der Waals surface area contributed by atoms with Crippen molar-refractivity contribution in [3.63, 3.8) is 0 Å². The quantitative estimate of drug-likeness (QED) is 0.603. The molecule has 1 aliphatic rings. The molecule has 28 heavy (non-hydrogen) atoms. The molecule has 1 atom stereocenters. The predicted molar refractivity (Wildman–Crippen MR) is 108 cm³/mol. The Morgan fingerprint density at radius 2 is 2.07 bits per heavy atom. The van der Waals surface area contributed by atoms with Crippen molar-refractivity contribution in [2.45, 2.75) is 25.5 Å². The van der Waals surface area contributed by atoms with Gasteiger partial charge in [0.05, 0.1) is 12.3 Å². The normalized spacial score (nSPS) is 16.2. The summed E-state index contributed by atoms with van der Waals surface area (Å²) in [7, 11) is 0. The van der Waals surface area contributed by atoms with E-state index >= 15 is 0 Å². The van der Waals surface area contributed by atoms with Crippen molar-refractivity contribution in [3.8, 4) is 10.6 Å². The summed E-state index contributed by atoms with van der Waals surface area (Å²) in [6.45, 7) is 1.56. The molecule has 144 valence electrons.